The third-order valence-corrected chi connectivity index (χ3v) is 2.51. The Bertz CT molecular complexity index is 500. The van der Waals surface area contributed by atoms with E-state index < -0.39 is 5.97 Å². The maximum atomic E-state index is 11.9. The van der Waals surface area contributed by atoms with Crippen molar-refractivity contribution in [2.45, 2.75) is 33.3 Å². The number of hydrogen-bond donors (Lipinski definition) is 2. The lowest BCUT2D eigenvalue weighted by Gasteiger charge is -2.13. The predicted octanol–water partition coefficient (Wildman–Crippen LogP) is 1.94. The molecule has 0 heterocycles. The van der Waals surface area contributed by atoms with Crippen LogP contribution in [0.3, 0.4) is 0 Å². The number of ether oxygens (including phenoxy) is 2. The fourth-order valence-electron chi connectivity index (χ4n) is 1.65. The van der Waals surface area contributed by atoms with Crippen molar-refractivity contribution in [1.82, 2.24) is 0 Å². The smallest absolute Gasteiger partial charge is 0.338 e. The molecule has 0 bridgehead atoms. The van der Waals surface area contributed by atoms with E-state index in [9.17, 15) is 9.59 Å². The fraction of sp³-hybridized carbons (Fsp3) is 0.467. The van der Waals surface area contributed by atoms with Gasteiger partial charge >= 0.3 is 5.97 Å². The molecule has 0 spiro atoms. The van der Waals surface area contributed by atoms with Gasteiger partial charge in [0.05, 0.1) is 24.0 Å². The Morgan fingerprint density at radius 2 is 2.05 bits per heavy atom. The topological polar surface area (TPSA) is 90.6 Å². The zero-order valence-corrected chi connectivity index (χ0v) is 12.6. The second kappa shape index (κ2) is 8.26. The number of esters is 1. The van der Waals surface area contributed by atoms with Crippen molar-refractivity contribution in [1.29, 1.82) is 0 Å². The van der Waals surface area contributed by atoms with Crippen LogP contribution in [0.2, 0.25) is 0 Å². The Morgan fingerprint density at radius 3 is 2.62 bits per heavy atom. The van der Waals surface area contributed by atoms with E-state index in [4.69, 9.17) is 15.2 Å². The molecule has 3 N–H and O–H groups in total. The van der Waals surface area contributed by atoms with E-state index >= 15 is 0 Å². The number of rotatable bonds is 7. The van der Waals surface area contributed by atoms with Crippen LogP contribution < -0.4 is 15.8 Å². The van der Waals surface area contributed by atoms with Gasteiger partial charge in [-0.05, 0) is 39.0 Å². The van der Waals surface area contributed by atoms with Gasteiger partial charge in [-0.1, -0.05) is 0 Å². The van der Waals surface area contributed by atoms with Crippen LogP contribution in [-0.2, 0) is 9.53 Å². The summed E-state index contributed by atoms with van der Waals surface area (Å²) in [6.45, 7) is 6.08. The first kappa shape index (κ1) is 17.0. The molecule has 6 nitrogen and oxygen atoms in total. The van der Waals surface area contributed by atoms with E-state index in [1.807, 2.05) is 6.92 Å². The lowest BCUT2D eigenvalue weighted by Crippen LogP contribution is -2.17. The van der Waals surface area contributed by atoms with Crippen LogP contribution in [-0.4, -0.2) is 31.1 Å². The molecule has 0 saturated heterocycles. The summed E-state index contributed by atoms with van der Waals surface area (Å²) in [4.78, 5) is 23.5. The van der Waals surface area contributed by atoms with Crippen LogP contribution in [0.15, 0.2) is 18.2 Å². The molecule has 1 amide bonds. The third-order valence-electron chi connectivity index (χ3n) is 2.51. The second-order valence-corrected chi connectivity index (χ2v) is 4.68. The molecule has 0 aliphatic rings. The van der Waals surface area contributed by atoms with Gasteiger partial charge in [0, 0.05) is 13.0 Å². The van der Waals surface area contributed by atoms with Crippen LogP contribution >= 0.6 is 0 Å². The van der Waals surface area contributed by atoms with Crippen LogP contribution in [0, 0.1) is 0 Å². The molecule has 0 aliphatic carbocycles. The molecule has 21 heavy (non-hydrogen) atoms. The highest BCUT2D eigenvalue weighted by atomic mass is 16.5. The average Bonchev–Trinajstić information content (AvgIpc) is 2.40. The molecule has 0 radical (unpaired) electrons. The summed E-state index contributed by atoms with van der Waals surface area (Å²) in [5, 5.41) is 2.71. The van der Waals surface area contributed by atoms with Crippen molar-refractivity contribution in [2.75, 3.05) is 18.5 Å². The highest BCUT2D eigenvalue weighted by Crippen LogP contribution is 2.26. The lowest BCUT2D eigenvalue weighted by molar-refractivity contribution is -0.116. The van der Waals surface area contributed by atoms with E-state index in [0.29, 0.717) is 23.6 Å². The molecule has 6 heteroatoms. The molecule has 1 aromatic rings. The Labute approximate surface area is 124 Å². The third kappa shape index (κ3) is 5.43. The number of hydrogen-bond acceptors (Lipinski definition) is 5. The van der Waals surface area contributed by atoms with Crippen LogP contribution in [0.4, 0.5) is 5.69 Å². The van der Waals surface area contributed by atoms with E-state index in [1.165, 1.54) is 0 Å². The first-order valence-electron chi connectivity index (χ1n) is 6.95. The second-order valence-electron chi connectivity index (χ2n) is 4.68. The number of carbonyl (C=O) groups is 2. The molecular weight excluding hydrogens is 272 g/mol. The number of anilines is 1. The van der Waals surface area contributed by atoms with Gasteiger partial charge in [-0.2, -0.15) is 0 Å². The van der Waals surface area contributed by atoms with Crippen molar-refractivity contribution in [3.8, 4) is 5.75 Å². The highest BCUT2D eigenvalue weighted by molar-refractivity contribution is 5.95. The molecule has 1 aromatic carbocycles. The summed E-state index contributed by atoms with van der Waals surface area (Å²) in [6, 6.07) is 4.77. The van der Waals surface area contributed by atoms with Crippen molar-refractivity contribution in [3.63, 3.8) is 0 Å². The Morgan fingerprint density at radius 1 is 1.33 bits per heavy atom. The van der Waals surface area contributed by atoms with Gasteiger partial charge < -0.3 is 20.5 Å². The minimum Gasteiger partial charge on any atom is -0.492 e. The molecule has 1 rings (SSSR count). The highest BCUT2D eigenvalue weighted by Gasteiger charge is 2.14. The van der Waals surface area contributed by atoms with Gasteiger partial charge in [0.15, 0.2) is 0 Å². The van der Waals surface area contributed by atoms with Crippen LogP contribution in [0.1, 0.15) is 37.6 Å². The van der Waals surface area contributed by atoms with Crippen LogP contribution in [0.5, 0.6) is 5.75 Å². The molecule has 0 unspecified atom stereocenters. The van der Waals surface area contributed by atoms with E-state index in [1.54, 1.807) is 32.0 Å². The number of carbonyl (C=O) groups excluding carboxylic acids is 2. The SMILES string of the molecule is CCOc1cc(C(=O)OC(C)C)ccc1NC(=O)CCN. The number of nitrogens with one attached hydrogen (secondary N) is 1. The molecule has 0 atom stereocenters. The maximum absolute atomic E-state index is 11.9. The summed E-state index contributed by atoms with van der Waals surface area (Å²) < 4.78 is 10.6. The lowest BCUT2D eigenvalue weighted by atomic mass is 10.2. The number of benzene rings is 1. The van der Waals surface area contributed by atoms with Crippen molar-refractivity contribution in [3.05, 3.63) is 23.8 Å². The van der Waals surface area contributed by atoms with Gasteiger partial charge in [0.2, 0.25) is 5.91 Å². The van der Waals surface area contributed by atoms with Gasteiger partial charge in [-0.3, -0.25) is 4.79 Å². The van der Waals surface area contributed by atoms with E-state index in [2.05, 4.69) is 5.32 Å². The zero-order chi connectivity index (χ0) is 15.8. The maximum Gasteiger partial charge on any atom is 0.338 e. The summed E-state index contributed by atoms with van der Waals surface area (Å²) >= 11 is 0. The standard InChI is InChI=1S/C15H22N2O4/c1-4-20-13-9-11(15(19)21-10(2)3)5-6-12(13)17-14(18)7-8-16/h5-6,9-10H,4,7-8,16H2,1-3H3,(H,17,18). The summed E-state index contributed by atoms with van der Waals surface area (Å²) in [5.41, 5.74) is 6.23. The molecule has 0 aromatic heterocycles. The molecular formula is C15H22N2O4. The Kier molecular flexibility index (Phi) is 6.68. The van der Waals surface area contributed by atoms with Gasteiger partial charge in [0.1, 0.15) is 5.75 Å². The predicted molar refractivity (Wildman–Crippen MR) is 80.5 cm³/mol. The van der Waals surface area contributed by atoms with Crippen molar-refractivity contribution < 1.29 is 19.1 Å². The first-order valence-corrected chi connectivity index (χ1v) is 6.95. The first-order chi connectivity index (χ1) is 9.97. The van der Waals surface area contributed by atoms with E-state index in [-0.39, 0.29) is 25.0 Å². The summed E-state index contributed by atoms with van der Waals surface area (Å²) in [6.07, 6.45) is 0.0277. The van der Waals surface area contributed by atoms with Gasteiger partial charge in [-0.15, -0.1) is 0 Å². The normalized spacial score (nSPS) is 10.3. The quantitative estimate of drug-likeness (QED) is 0.750. The monoisotopic (exact) mass is 294 g/mol. The zero-order valence-electron chi connectivity index (χ0n) is 12.6. The molecule has 0 saturated carbocycles. The van der Waals surface area contributed by atoms with E-state index in [0.717, 1.165) is 0 Å². The molecule has 0 aliphatic heterocycles. The largest absolute Gasteiger partial charge is 0.492 e. The number of amides is 1. The van der Waals surface area contributed by atoms with Gasteiger partial charge in [-0.25, -0.2) is 4.79 Å². The summed E-state index contributed by atoms with van der Waals surface area (Å²) in [5.74, 6) is -0.192. The molecule has 116 valence electrons. The minimum absolute atomic E-state index is 0.197. The fourth-order valence-corrected chi connectivity index (χ4v) is 1.65. The summed E-state index contributed by atoms with van der Waals surface area (Å²) in [7, 11) is 0. The average molecular weight is 294 g/mol. The van der Waals surface area contributed by atoms with Gasteiger partial charge in [0.25, 0.3) is 0 Å². The Hall–Kier alpha value is -2.08. The van der Waals surface area contributed by atoms with Crippen LogP contribution in [0.25, 0.3) is 0 Å². The minimum atomic E-state index is -0.425. The molecule has 0 fully saturated rings. The Balaban J connectivity index is 2.95. The van der Waals surface area contributed by atoms with Crippen molar-refractivity contribution in [2.24, 2.45) is 5.73 Å². The number of nitrogens with two attached hydrogens (primary N) is 1. The van der Waals surface area contributed by atoms with Crippen molar-refractivity contribution >= 4 is 17.6 Å².